The lowest BCUT2D eigenvalue weighted by Gasteiger charge is -2.49. The Labute approximate surface area is 277 Å². The summed E-state index contributed by atoms with van der Waals surface area (Å²) in [5, 5.41) is 9.26. The second-order valence-electron chi connectivity index (χ2n) is 12.2. The first kappa shape index (κ1) is 35.8. The Kier molecular flexibility index (Phi) is 9.84. The summed E-state index contributed by atoms with van der Waals surface area (Å²) in [7, 11) is -4.96. The fraction of sp³-hybridized carbons (Fsp3) is 0.419. The normalized spacial score (nSPS) is 16.7. The first-order valence-electron chi connectivity index (χ1n) is 14.9. The molecule has 1 atom stereocenters. The molecule has 5 rings (SSSR count). The number of halogens is 6. The van der Waals surface area contributed by atoms with E-state index in [1.54, 1.807) is 20.8 Å². The van der Waals surface area contributed by atoms with Gasteiger partial charge in [-0.05, 0) is 62.2 Å². The number of fused-ring (bicyclic) bond motifs is 3. The van der Waals surface area contributed by atoms with Crippen LogP contribution in [-0.2, 0) is 20.9 Å². The van der Waals surface area contributed by atoms with E-state index in [1.165, 1.54) is 23.1 Å². The van der Waals surface area contributed by atoms with Crippen molar-refractivity contribution in [2.45, 2.75) is 50.1 Å². The smallest absolute Gasteiger partial charge is 0.417 e. The molecule has 2 aliphatic heterocycles. The van der Waals surface area contributed by atoms with Crippen LogP contribution in [0.25, 0.3) is 11.1 Å². The summed E-state index contributed by atoms with van der Waals surface area (Å²) in [4.78, 5) is 18.8. The number of aliphatic hydroxyl groups is 1. The summed E-state index contributed by atoms with van der Waals surface area (Å²) in [5.41, 5.74) is -1.72. The van der Waals surface area contributed by atoms with Crippen LogP contribution in [0.4, 0.5) is 42.5 Å². The highest BCUT2D eigenvalue weighted by Crippen LogP contribution is 2.44. The molecule has 1 N–H and O–H groups in total. The number of alkyl halides is 5. The third kappa shape index (κ3) is 7.90. The predicted molar refractivity (Wildman–Crippen MR) is 164 cm³/mol. The van der Waals surface area contributed by atoms with Gasteiger partial charge in [-0.3, -0.25) is 4.31 Å². The van der Waals surface area contributed by atoms with E-state index < -0.39 is 81.7 Å². The maximum Gasteiger partial charge on any atom is 0.417 e. The number of piperazine rings is 1. The minimum atomic E-state index is -4.98. The van der Waals surface area contributed by atoms with E-state index in [9.17, 15) is 44.7 Å². The number of benzene rings is 2. The maximum atomic E-state index is 14.5. The Hall–Kier alpha value is -4.45. The molecule has 1 aromatic heterocycles. The number of nitrogens with zero attached hydrogens (tertiary/aromatic N) is 4. The van der Waals surface area contributed by atoms with Crippen molar-refractivity contribution < 1.29 is 58.9 Å². The van der Waals surface area contributed by atoms with E-state index in [0.29, 0.717) is 18.0 Å². The standard InChI is InChI=1S/C31H32F6N4O7S/c1-30(2,3)48-29(43)39-6-7-40-22(16-39)17-41(49(44,45)26-13-20(31(35,36)37)15-38-27(26)46-9-8-42)25-12-18(4-5-24(25)40)19-10-21(32)14-23(11-19)47-28(33)34/h4-5,10-15,22,28,42H,6-9,16-17H2,1-3H3/t22-/m0/s1. The molecule has 0 aliphatic carbocycles. The van der Waals surface area contributed by atoms with Gasteiger partial charge >= 0.3 is 18.9 Å². The molecule has 0 spiro atoms. The molecular formula is C31H32F6N4O7S. The maximum absolute atomic E-state index is 14.5. The van der Waals surface area contributed by atoms with Gasteiger partial charge in [-0.2, -0.15) is 22.0 Å². The molecule has 49 heavy (non-hydrogen) atoms. The van der Waals surface area contributed by atoms with Crippen molar-refractivity contribution in [2.75, 3.05) is 48.6 Å². The molecule has 1 saturated heterocycles. The highest BCUT2D eigenvalue weighted by molar-refractivity contribution is 7.93. The van der Waals surface area contributed by atoms with E-state index in [1.807, 2.05) is 4.90 Å². The van der Waals surface area contributed by atoms with E-state index in [-0.39, 0.29) is 43.0 Å². The molecule has 1 amide bonds. The topological polar surface area (TPSA) is 122 Å². The molecule has 0 bridgehead atoms. The molecule has 3 heterocycles. The zero-order chi connectivity index (χ0) is 35.9. The van der Waals surface area contributed by atoms with Gasteiger partial charge in [0.1, 0.15) is 23.8 Å². The number of rotatable bonds is 8. The first-order valence-corrected chi connectivity index (χ1v) is 16.3. The summed E-state index contributed by atoms with van der Waals surface area (Å²) in [6, 6.07) is 6.88. The van der Waals surface area contributed by atoms with E-state index in [4.69, 9.17) is 9.47 Å². The van der Waals surface area contributed by atoms with Crippen LogP contribution in [0.3, 0.4) is 0 Å². The van der Waals surface area contributed by atoms with E-state index in [0.717, 1.165) is 22.5 Å². The van der Waals surface area contributed by atoms with Crippen molar-refractivity contribution in [1.82, 2.24) is 9.88 Å². The quantitative estimate of drug-likeness (QED) is 0.301. The lowest BCUT2D eigenvalue weighted by Crippen LogP contribution is -2.61. The Balaban J connectivity index is 1.65. The second kappa shape index (κ2) is 13.5. The molecule has 0 unspecified atom stereocenters. The molecule has 3 aromatic rings. The van der Waals surface area contributed by atoms with Gasteiger partial charge in [-0.25, -0.2) is 22.6 Å². The number of hydrogen-bond acceptors (Lipinski definition) is 9. The Morgan fingerprint density at radius 3 is 2.41 bits per heavy atom. The molecule has 266 valence electrons. The third-order valence-electron chi connectivity index (χ3n) is 7.54. The number of carbonyl (C=O) groups excluding carboxylic acids is 1. The largest absolute Gasteiger partial charge is 0.474 e. The van der Waals surface area contributed by atoms with Gasteiger partial charge in [0.05, 0.1) is 36.1 Å². The minimum absolute atomic E-state index is 0.0188. The van der Waals surface area contributed by atoms with Gasteiger partial charge in [0.25, 0.3) is 10.0 Å². The first-order chi connectivity index (χ1) is 22.9. The summed E-state index contributed by atoms with van der Waals surface area (Å²) >= 11 is 0. The molecule has 0 radical (unpaired) electrons. The van der Waals surface area contributed by atoms with Gasteiger partial charge in [0.15, 0.2) is 4.90 Å². The van der Waals surface area contributed by atoms with Crippen LogP contribution in [0.5, 0.6) is 11.6 Å². The van der Waals surface area contributed by atoms with Gasteiger partial charge in [-0.1, -0.05) is 6.07 Å². The molecule has 11 nitrogen and oxygen atoms in total. The lowest BCUT2D eigenvalue weighted by atomic mass is 10.00. The van der Waals surface area contributed by atoms with Crippen molar-refractivity contribution >= 4 is 27.5 Å². The Bertz CT molecular complexity index is 1820. The van der Waals surface area contributed by atoms with Gasteiger partial charge < -0.3 is 29.1 Å². The Morgan fingerprint density at radius 1 is 1.02 bits per heavy atom. The number of ether oxygens (including phenoxy) is 3. The highest BCUT2D eigenvalue weighted by Gasteiger charge is 2.43. The van der Waals surface area contributed by atoms with Crippen molar-refractivity contribution in [1.29, 1.82) is 0 Å². The number of aromatic nitrogens is 1. The van der Waals surface area contributed by atoms with Crippen molar-refractivity contribution in [2.24, 2.45) is 0 Å². The van der Waals surface area contributed by atoms with E-state index >= 15 is 0 Å². The number of aliphatic hydroxyl groups excluding tert-OH is 1. The predicted octanol–water partition coefficient (Wildman–Crippen LogP) is 5.51. The zero-order valence-electron chi connectivity index (χ0n) is 26.4. The fourth-order valence-electron chi connectivity index (χ4n) is 5.53. The van der Waals surface area contributed by atoms with Crippen LogP contribution in [0.1, 0.15) is 26.3 Å². The molecule has 2 aliphatic rings. The average Bonchev–Trinajstić information content (AvgIpc) is 3.00. The van der Waals surface area contributed by atoms with Crippen LogP contribution < -0.4 is 18.7 Å². The van der Waals surface area contributed by atoms with Crippen LogP contribution in [0.15, 0.2) is 53.6 Å². The number of carbonyl (C=O) groups is 1. The number of hydrogen-bond donors (Lipinski definition) is 1. The summed E-state index contributed by atoms with van der Waals surface area (Å²) in [5.74, 6) is -2.11. The molecule has 0 saturated carbocycles. The van der Waals surface area contributed by atoms with Crippen LogP contribution in [0.2, 0.25) is 0 Å². The molecule has 18 heteroatoms. The summed E-state index contributed by atoms with van der Waals surface area (Å²) < 4.78 is 127. The highest BCUT2D eigenvalue weighted by atomic mass is 32.2. The SMILES string of the molecule is CC(C)(C)OC(=O)N1CCN2c3ccc(-c4cc(F)cc(OC(F)F)c4)cc3N(S(=O)(=O)c3cc(C(F)(F)F)cnc3OCCO)C[C@@H]2C1. The second-order valence-corrected chi connectivity index (χ2v) is 14.0. The van der Waals surface area contributed by atoms with Crippen molar-refractivity contribution in [3.63, 3.8) is 0 Å². The number of anilines is 2. The van der Waals surface area contributed by atoms with Gasteiger partial charge in [0, 0.05) is 31.9 Å². The fourth-order valence-corrected chi connectivity index (χ4v) is 7.14. The van der Waals surface area contributed by atoms with Gasteiger partial charge in [-0.15, -0.1) is 0 Å². The number of sulfonamides is 1. The van der Waals surface area contributed by atoms with Crippen LogP contribution in [0, 0.1) is 5.82 Å². The number of pyridine rings is 1. The summed E-state index contributed by atoms with van der Waals surface area (Å²) in [6.07, 6.45) is -5.22. The van der Waals surface area contributed by atoms with Crippen molar-refractivity contribution in [3.8, 4) is 22.8 Å². The molecule has 1 fully saturated rings. The molecular weight excluding hydrogens is 686 g/mol. The van der Waals surface area contributed by atoms with Gasteiger partial charge in [0.2, 0.25) is 5.88 Å². The molecule has 2 aromatic carbocycles. The third-order valence-corrected chi connectivity index (χ3v) is 9.31. The average molecular weight is 719 g/mol. The van der Waals surface area contributed by atoms with Crippen molar-refractivity contribution in [3.05, 3.63) is 60.0 Å². The lowest BCUT2D eigenvalue weighted by molar-refractivity contribution is -0.138. The zero-order valence-corrected chi connectivity index (χ0v) is 27.2. The van der Waals surface area contributed by atoms with Crippen LogP contribution >= 0.6 is 0 Å². The number of amides is 1. The van der Waals surface area contributed by atoms with E-state index in [2.05, 4.69) is 9.72 Å². The minimum Gasteiger partial charge on any atom is -0.474 e. The monoisotopic (exact) mass is 718 g/mol. The summed E-state index contributed by atoms with van der Waals surface area (Å²) in [6.45, 7) is 0.733. The van der Waals surface area contributed by atoms with Crippen LogP contribution in [-0.4, -0.2) is 87.1 Å². The Morgan fingerprint density at radius 2 is 1.76 bits per heavy atom.